The molecule has 0 fully saturated rings. The molecule has 8 nitrogen and oxygen atoms in total. The maximum Gasteiger partial charge on any atom is 0.238 e. The number of primary sulfonamides is 1. The molecule has 0 saturated heterocycles. The average Bonchev–Trinajstić information content (AvgIpc) is 3.06. The molecule has 0 unspecified atom stereocenters. The fraction of sp³-hybridized carbons (Fsp3) is 0.250. The van der Waals surface area contributed by atoms with Gasteiger partial charge in [0.2, 0.25) is 15.9 Å². The molecule has 0 aliphatic heterocycles. The molecular weight excluding hydrogens is 422 g/mol. The van der Waals surface area contributed by atoms with Crippen LogP contribution in [-0.4, -0.2) is 41.4 Å². The number of carbonyl (C=O) groups is 1. The van der Waals surface area contributed by atoms with Crippen LogP contribution in [0, 0.1) is 6.92 Å². The zero-order valence-electron chi connectivity index (χ0n) is 16.5. The van der Waals surface area contributed by atoms with Crippen LogP contribution in [0.2, 0.25) is 0 Å². The first-order chi connectivity index (χ1) is 14.3. The van der Waals surface area contributed by atoms with Crippen LogP contribution in [0.3, 0.4) is 0 Å². The van der Waals surface area contributed by atoms with Crippen molar-refractivity contribution in [1.29, 1.82) is 0 Å². The van der Waals surface area contributed by atoms with Crippen molar-refractivity contribution in [1.82, 2.24) is 20.1 Å². The van der Waals surface area contributed by atoms with Gasteiger partial charge in [-0.05, 0) is 36.6 Å². The number of nitrogens with zero attached hydrogens (tertiary/aromatic N) is 3. The summed E-state index contributed by atoms with van der Waals surface area (Å²) < 4.78 is 24.5. The summed E-state index contributed by atoms with van der Waals surface area (Å²) in [6.45, 7) is 2.99. The standard InChI is InChI=1S/C20H23N5O3S2/c1-15-23-24-20(25(15)13-17-5-3-2-4-6-17)29-14-19(26)22-12-11-16-7-9-18(10-8-16)30(21,27)28/h2-10H,11-14H2,1H3,(H,22,26)(H2,21,27,28). The van der Waals surface area contributed by atoms with E-state index in [0.29, 0.717) is 24.7 Å². The Kier molecular flexibility index (Phi) is 7.24. The highest BCUT2D eigenvalue weighted by Gasteiger charge is 2.12. The van der Waals surface area contributed by atoms with Crippen LogP contribution in [0.5, 0.6) is 0 Å². The number of benzene rings is 2. The lowest BCUT2D eigenvalue weighted by Crippen LogP contribution is -2.27. The van der Waals surface area contributed by atoms with Crippen molar-refractivity contribution >= 4 is 27.7 Å². The summed E-state index contributed by atoms with van der Waals surface area (Å²) in [5.41, 5.74) is 2.05. The van der Waals surface area contributed by atoms with Crippen molar-refractivity contribution in [2.75, 3.05) is 12.3 Å². The van der Waals surface area contributed by atoms with Crippen LogP contribution < -0.4 is 10.5 Å². The molecule has 1 heterocycles. The summed E-state index contributed by atoms with van der Waals surface area (Å²) >= 11 is 1.34. The van der Waals surface area contributed by atoms with E-state index in [1.54, 1.807) is 12.1 Å². The smallest absolute Gasteiger partial charge is 0.238 e. The fourth-order valence-electron chi connectivity index (χ4n) is 2.79. The van der Waals surface area contributed by atoms with Crippen LogP contribution >= 0.6 is 11.8 Å². The third kappa shape index (κ3) is 6.15. The fourth-order valence-corrected chi connectivity index (χ4v) is 4.12. The first kappa shape index (κ1) is 22.0. The van der Waals surface area contributed by atoms with Crippen molar-refractivity contribution in [2.45, 2.75) is 29.9 Å². The summed E-state index contributed by atoms with van der Waals surface area (Å²) in [7, 11) is -3.69. The van der Waals surface area contributed by atoms with Gasteiger partial charge in [0, 0.05) is 6.54 Å². The number of sulfonamides is 1. The molecule has 30 heavy (non-hydrogen) atoms. The maximum atomic E-state index is 12.2. The Labute approximate surface area is 179 Å². The molecule has 0 aliphatic carbocycles. The van der Waals surface area contributed by atoms with Gasteiger partial charge < -0.3 is 9.88 Å². The lowest BCUT2D eigenvalue weighted by atomic mass is 10.1. The van der Waals surface area contributed by atoms with Crippen LogP contribution in [-0.2, 0) is 27.8 Å². The van der Waals surface area contributed by atoms with E-state index in [2.05, 4.69) is 15.5 Å². The number of amides is 1. The van der Waals surface area contributed by atoms with Crippen molar-refractivity contribution in [3.05, 3.63) is 71.5 Å². The quantitative estimate of drug-likeness (QED) is 0.484. The van der Waals surface area contributed by atoms with Gasteiger partial charge in [-0.1, -0.05) is 54.2 Å². The lowest BCUT2D eigenvalue weighted by Gasteiger charge is -2.09. The van der Waals surface area contributed by atoms with E-state index in [-0.39, 0.29) is 16.6 Å². The predicted octanol–water partition coefficient (Wildman–Crippen LogP) is 1.73. The van der Waals surface area contributed by atoms with Crippen LogP contribution in [0.25, 0.3) is 0 Å². The van der Waals surface area contributed by atoms with Crippen molar-refractivity contribution in [2.24, 2.45) is 5.14 Å². The average molecular weight is 446 g/mol. The molecule has 3 aromatic rings. The van der Waals surface area contributed by atoms with Crippen molar-refractivity contribution in [3.63, 3.8) is 0 Å². The first-order valence-electron chi connectivity index (χ1n) is 9.28. The second-order valence-electron chi connectivity index (χ2n) is 6.68. The Bertz CT molecular complexity index is 1100. The molecule has 0 spiro atoms. The van der Waals surface area contributed by atoms with Crippen molar-refractivity contribution in [3.8, 4) is 0 Å². The van der Waals surface area contributed by atoms with Gasteiger partial charge in [-0.3, -0.25) is 4.79 Å². The normalized spacial score (nSPS) is 11.4. The molecule has 1 amide bonds. The zero-order valence-corrected chi connectivity index (χ0v) is 18.1. The number of hydrogen-bond acceptors (Lipinski definition) is 6. The Hall–Kier alpha value is -2.69. The minimum Gasteiger partial charge on any atom is -0.355 e. The van der Waals surface area contributed by atoms with Gasteiger partial charge in [0.1, 0.15) is 5.82 Å². The van der Waals surface area contributed by atoms with E-state index in [9.17, 15) is 13.2 Å². The molecule has 0 aliphatic rings. The topological polar surface area (TPSA) is 120 Å². The van der Waals surface area contributed by atoms with Crippen LogP contribution in [0.15, 0.2) is 64.6 Å². The molecule has 3 N–H and O–H groups in total. The first-order valence-corrected chi connectivity index (χ1v) is 11.8. The Morgan fingerprint density at radius 3 is 2.43 bits per heavy atom. The second kappa shape index (κ2) is 9.88. The minimum atomic E-state index is -3.69. The minimum absolute atomic E-state index is 0.0709. The highest BCUT2D eigenvalue weighted by Crippen LogP contribution is 2.18. The van der Waals surface area contributed by atoms with E-state index in [1.807, 2.05) is 41.8 Å². The van der Waals surface area contributed by atoms with E-state index in [0.717, 1.165) is 17.0 Å². The Morgan fingerprint density at radius 1 is 1.07 bits per heavy atom. The van der Waals surface area contributed by atoms with Crippen molar-refractivity contribution < 1.29 is 13.2 Å². The summed E-state index contributed by atoms with van der Waals surface area (Å²) in [4.78, 5) is 12.3. The van der Waals surface area contributed by atoms with E-state index in [4.69, 9.17) is 5.14 Å². The van der Waals surface area contributed by atoms with E-state index in [1.165, 1.54) is 23.9 Å². The van der Waals surface area contributed by atoms with E-state index < -0.39 is 10.0 Å². The summed E-state index contributed by atoms with van der Waals surface area (Å²) in [6, 6.07) is 16.3. The molecule has 0 bridgehead atoms. The molecule has 1 aromatic heterocycles. The van der Waals surface area contributed by atoms with Crippen LogP contribution in [0.1, 0.15) is 17.0 Å². The zero-order chi connectivity index (χ0) is 21.6. The van der Waals surface area contributed by atoms with Gasteiger partial charge in [0.25, 0.3) is 0 Å². The van der Waals surface area contributed by atoms with Gasteiger partial charge in [-0.25, -0.2) is 13.6 Å². The molecule has 158 valence electrons. The highest BCUT2D eigenvalue weighted by atomic mass is 32.2. The molecule has 2 aromatic carbocycles. The van der Waals surface area contributed by atoms with Gasteiger partial charge >= 0.3 is 0 Å². The molecule has 10 heteroatoms. The molecular formula is C20H23N5O3S2. The SMILES string of the molecule is Cc1nnc(SCC(=O)NCCc2ccc(S(N)(=O)=O)cc2)n1Cc1ccccc1. The summed E-state index contributed by atoms with van der Waals surface area (Å²) in [5, 5.41) is 16.9. The second-order valence-corrected chi connectivity index (χ2v) is 9.18. The number of rotatable bonds is 9. The number of carbonyl (C=O) groups excluding carboxylic acids is 1. The van der Waals surface area contributed by atoms with Crippen LogP contribution in [0.4, 0.5) is 0 Å². The summed E-state index contributed by atoms with van der Waals surface area (Å²) in [5.74, 6) is 0.926. The molecule has 0 atom stereocenters. The Morgan fingerprint density at radius 2 is 1.77 bits per heavy atom. The maximum absolute atomic E-state index is 12.2. The molecule has 3 rings (SSSR count). The summed E-state index contributed by atoms with van der Waals surface area (Å²) in [6.07, 6.45) is 0.588. The van der Waals surface area contributed by atoms with Gasteiger partial charge in [-0.15, -0.1) is 10.2 Å². The lowest BCUT2D eigenvalue weighted by molar-refractivity contribution is -0.118. The molecule has 0 radical (unpaired) electrons. The van der Waals surface area contributed by atoms with Gasteiger partial charge in [0.05, 0.1) is 17.2 Å². The van der Waals surface area contributed by atoms with E-state index >= 15 is 0 Å². The third-order valence-electron chi connectivity index (χ3n) is 4.41. The number of aryl methyl sites for hydroxylation is 1. The number of hydrogen-bond donors (Lipinski definition) is 2. The number of aromatic nitrogens is 3. The largest absolute Gasteiger partial charge is 0.355 e. The Balaban J connectivity index is 1.47. The predicted molar refractivity (Wildman–Crippen MR) is 116 cm³/mol. The number of nitrogens with two attached hydrogens (primary N) is 1. The number of nitrogens with one attached hydrogen (secondary N) is 1. The van der Waals surface area contributed by atoms with Gasteiger partial charge in [0.15, 0.2) is 5.16 Å². The third-order valence-corrected chi connectivity index (χ3v) is 6.30. The molecule has 0 saturated carbocycles. The number of thioether (sulfide) groups is 1. The monoisotopic (exact) mass is 445 g/mol. The highest BCUT2D eigenvalue weighted by molar-refractivity contribution is 7.99. The van der Waals surface area contributed by atoms with Gasteiger partial charge in [-0.2, -0.15) is 0 Å².